The summed E-state index contributed by atoms with van der Waals surface area (Å²) in [5, 5.41) is 4.66. The Morgan fingerprint density at radius 1 is 0.824 bits per heavy atom. The van der Waals surface area contributed by atoms with Crippen LogP contribution in [0.25, 0.3) is 32.9 Å². The summed E-state index contributed by atoms with van der Waals surface area (Å²) in [5.41, 5.74) is 2.54. The van der Waals surface area contributed by atoms with Gasteiger partial charge in [0.1, 0.15) is 34.1 Å². The van der Waals surface area contributed by atoms with Gasteiger partial charge >= 0.3 is 18.1 Å². The summed E-state index contributed by atoms with van der Waals surface area (Å²) in [6.07, 6.45) is 13.6. The fourth-order valence-corrected chi connectivity index (χ4v) is 14.4. The number of anilines is 2. The normalized spacial score (nSPS) is 22.0. The van der Waals surface area contributed by atoms with Gasteiger partial charge in [0, 0.05) is 114 Å². The highest BCUT2D eigenvalue weighted by atomic mass is 19.1. The molecule has 2 saturated carbocycles. The van der Waals surface area contributed by atoms with Gasteiger partial charge in [-0.05, 0) is 156 Å². The van der Waals surface area contributed by atoms with Gasteiger partial charge in [-0.2, -0.15) is 9.97 Å². The van der Waals surface area contributed by atoms with Crippen molar-refractivity contribution in [3.8, 4) is 28.8 Å². The molecule has 0 radical (unpaired) electrons. The smallest absolute Gasteiger partial charge is 0.410 e. The Kier molecular flexibility index (Phi) is 16.6. The lowest BCUT2D eigenvalue weighted by Gasteiger charge is -2.47. The van der Waals surface area contributed by atoms with E-state index in [0.29, 0.717) is 84.6 Å². The molecular formula is C65H83FN10O9. The zero-order valence-corrected chi connectivity index (χ0v) is 50.4. The molecule has 2 bridgehead atoms. The molecule has 85 heavy (non-hydrogen) atoms. The van der Waals surface area contributed by atoms with Crippen molar-refractivity contribution >= 4 is 57.1 Å². The number of nitrogens with zero attached hydrogens (tertiary/aromatic N) is 9. The molecule has 12 rings (SSSR count). The number of carbonyl (C=O) groups excluding carboxylic acids is 4. The molecule has 7 aliphatic rings. The van der Waals surface area contributed by atoms with Gasteiger partial charge in [-0.15, -0.1) is 0 Å². The van der Waals surface area contributed by atoms with Crippen molar-refractivity contribution in [2.75, 3.05) is 109 Å². The van der Waals surface area contributed by atoms with Crippen molar-refractivity contribution in [1.82, 2.24) is 39.9 Å². The third-order valence-corrected chi connectivity index (χ3v) is 19.4. The average molecular weight is 1170 g/mol. The summed E-state index contributed by atoms with van der Waals surface area (Å²) in [4.78, 5) is 79.8. The van der Waals surface area contributed by atoms with Crippen LogP contribution in [-0.4, -0.2) is 176 Å². The number of halogens is 1. The van der Waals surface area contributed by atoms with Crippen LogP contribution in [0.3, 0.4) is 0 Å². The molecule has 19 nitrogen and oxygen atoms in total. The number of benzene rings is 3. The summed E-state index contributed by atoms with van der Waals surface area (Å²) < 4.78 is 47.2. The molecule has 5 aliphatic heterocycles. The number of fused-ring (bicyclic) bond motifs is 4. The van der Waals surface area contributed by atoms with Crippen molar-refractivity contribution in [2.45, 2.75) is 129 Å². The van der Waals surface area contributed by atoms with Crippen LogP contribution in [0.15, 0.2) is 54.7 Å². The number of aromatic nitrogens is 3. The van der Waals surface area contributed by atoms with Crippen molar-refractivity contribution < 1.29 is 47.3 Å². The number of pyridine rings is 1. The molecule has 7 heterocycles. The molecule has 5 saturated heterocycles. The summed E-state index contributed by atoms with van der Waals surface area (Å²) >= 11 is 0. The van der Waals surface area contributed by atoms with Crippen LogP contribution in [-0.2, 0) is 20.7 Å². The maximum atomic E-state index is 17.8. The molecule has 3 aromatic carbocycles. The molecule has 2 unspecified atom stereocenters. The second-order valence-electron chi connectivity index (χ2n) is 26.2. The van der Waals surface area contributed by atoms with E-state index in [0.717, 1.165) is 101 Å². The topological polar surface area (TPSA) is 185 Å². The first kappa shape index (κ1) is 58.5. The molecule has 1 N–H and O–H groups in total. The first-order chi connectivity index (χ1) is 41.0. The number of amides is 5. The van der Waals surface area contributed by atoms with Gasteiger partial charge in [0.2, 0.25) is 5.91 Å². The van der Waals surface area contributed by atoms with Crippen LogP contribution in [0.5, 0.6) is 17.5 Å². The molecular weight excluding hydrogens is 1080 g/mol. The second-order valence-corrected chi connectivity index (χ2v) is 26.2. The Morgan fingerprint density at radius 3 is 2.31 bits per heavy atom. The number of likely N-dealkylation sites (tertiary alicyclic amines) is 1. The van der Waals surface area contributed by atoms with Gasteiger partial charge in [0.15, 0.2) is 12.6 Å². The number of nitrogens with one attached hydrogen (secondary N) is 1. The predicted octanol–water partition coefficient (Wildman–Crippen LogP) is 9.85. The number of methoxy groups -OCH3 is 2. The lowest BCUT2D eigenvalue weighted by molar-refractivity contribution is -0.120. The minimum Gasteiger partial charge on any atom is -0.495 e. The van der Waals surface area contributed by atoms with E-state index in [1.165, 1.54) is 37.7 Å². The van der Waals surface area contributed by atoms with Crippen molar-refractivity contribution in [3.63, 3.8) is 0 Å². The zero-order chi connectivity index (χ0) is 59.2. The Bertz CT molecular complexity index is 3330. The second kappa shape index (κ2) is 24.1. The number of rotatable bonds is 16. The van der Waals surface area contributed by atoms with E-state index in [9.17, 15) is 19.2 Å². The molecule has 5 amide bonds. The van der Waals surface area contributed by atoms with Crippen LogP contribution >= 0.6 is 0 Å². The fourth-order valence-electron chi connectivity index (χ4n) is 14.4. The maximum absolute atomic E-state index is 17.8. The number of hydrogen-bond donors (Lipinski definition) is 1. The number of piperazine rings is 1. The van der Waals surface area contributed by atoms with E-state index in [1.54, 1.807) is 31.5 Å². The van der Waals surface area contributed by atoms with Crippen LogP contribution in [0.4, 0.5) is 25.5 Å². The van der Waals surface area contributed by atoms with Crippen LogP contribution < -0.4 is 29.3 Å². The van der Waals surface area contributed by atoms with Gasteiger partial charge in [-0.1, -0.05) is 25.1 Å². The number of aryl methyl sites for hydroxylation is 1. The van der Waals surface area contributed by atoms with Crippen LogP contribution in [0, 0.1) is 22.6 Å². The number of urea groups is 1. The van der Waals surface area contributed by atoms with E-state index >= 15 is 4.39 Å². The first-order valence-corrected chi connectivity index (χ1v) is 31.0. The largest absolute Gasteiger partial charge is 0.495 e. The Balaban J connectivity index is 0.689. The van der Waals surface area contributed by atoms with Crippen LogP contribution in [0.2, 0.25) is 0 Å². The highest BCUT2D eigenvalue weighted by Gasteiger charge is 2.47. The third-order valence-electron chi connectivity index (χ3n) is 19.4. The zero-order valence-electron chi connectivity index (χ0n) is 50.4. The van der Waals surface area contributed by atoms with Gasteiger partial charge in [0.25, 0.3) is 5.91 Å². The Labute approximate surface area is 497 Å². The van der Waals surface area contributed by atoms with Gasteiger partial charge in [-0.25, -0.2) is 14.0 Å². The maximum Gasteiger partial charge on any atom is 0.410 e. The van der Waals surface area contributed by atoms with Gasteiger partial charge in [-0.3, -0.25) is 24.8 Å². The van der Waals surface area contributed by atoms with Crippen LogP contribution in [0.1, 0.15) is 121 Å². The van der Waals surface area contributed by atoms with Crippen molar-refractivity contribution in [2.24, 2.45) is 16.7 Å². The van der Waals surface area contributed by atoms with Gasteiger partial charge < -0.3 is 48.2 Å². The van der Waals surface area contributed by atoms with E-state index in [2.05, 4.69) is 33.0 Å². The SMILES string of the molecule is CCc1cccc2cc(OCOC)cc(-c3ncc4c(N5CCC6CCC(C5)N6C(=O)OC(C)(C)C)nc(OCC5(CN6CCN(CC7CCC8(CC7)CCN(C(=O)c7ccc(OC)c(N9CCC(=O)NC9=O)c7)CC8)CC6)CC5)nc4c3F)c12. The van der Waals surface area contributed by atoms with E-state index in [4.69, 9.17) is 38.6 Å². The molecule has 5 aromatic rings. The van der Waals surface area contributed by atoms with Crippen molar-refractivity contribution in [3.05, 3.63) is 71.7 Å². The molecule has 454 valence electrons. The van der Waals surface area contributed by atoms with E-state index in [1.807, 2.05) is 54.8 Å². The molecule has 2 aromatic heterocycles. The monoisotopic (exact) mass is 1170 g/mol. The molecule has 7 fully saturated rings. The van der Waals surface area contributed by atoms with Crippen molar-refractivity contribution in [1.29, 1.82) is 0 Å². The minimum atomic E-state index is -0.629. The standard InChI is InChI=1S/C65H83FN10O9/c1-7-43-9-8-10-44-33-48(84-41-81-5)35-49(54(43)44)56-55(66)57-50(36-67-56)58(74-25-17-46-12-13-47(38-74)76(46)62(80)85-63(2,3)4)70-60(69-57)83-40-65(21-22-65)39-72-31-29-71(30-32-72)37-42-15-19-64(20-16-42)23-27-73(28-24-64)59(78)45-11-14-52(82-6)51(34-45)75-26-18-53(77)68-61(75)79/h8-11,14,33-36,42,46-47H,7,12-13,15-32,37-41H2,1-6H3,(H,68,77,79). The minimum absolute atomic E-state index is 0.0235. The third kappa shape index (κ3) is 12.4. The highest BCUT2D eigenvalue weighted by Crippen LogP contribution is 2.49. The number of hydrogen-bond acceptors (Lipinski definition) is 15. The number of imide groups is 1. The average Bonchev–Trinajstić information content (AvgIpc) is 4.22. The van der Waals surface area contributed by atoms with E-state index in [-0.39, 0.29) is 77.8 Å². The molecule has 1 spiro atoms. The first-order valence-electron chi connectivity index (χ1n) is 31.0. The van der Waals surface area contributed by atoms with E-state index < -0.39 is 17.4 Å². The highest BCUT2D eigenvalue weighted by molar-refractivity contribution is 6.07. The fraction of sp³-hybridized carbons (Fsp3) is 0.585. The molecule has 2 atom stereocenters. The van der Waals surface area contributed by atoms with Gasteiger partial charge in [0.05, 0.1) is 30.8 Å². The summed E-state index contributed by atoms with van der Waals surface area (Å²) in [5.74, 6) is 1.30. The quantitative estimate of drug-likeness (QED) is 0.0920. The number of piperidine rings is 1. The molecule has 20 heteroatoms. The number of carbonyl (C=O) groups is 4. The Morgan fingerprint density at radius 2 is 1.59 bits per heavy atom. The lowest BCUT2D eigenvalue weighted by atomic mass is 9.65. The summed E-state index contributed by atoms with van der Waals surface area (Å²) in [6.45, 7) is 17.0. The Hall–Kier alpha value is -6.90. The lowest BCUT2D eigenvalue weighted by Crippen LogP contribution is -2.50. The molecule has 2 aliphatic carbocycles. The summed E-state index contributed by atoms with van der Waals surface area (Å²) in [7, 11) is 3.10. The summed E-state index contributed by atoms with van der Waals surface area (Å²) in [6, 6.07) is 14.6. The predicted molar refractivity (Wildman–Crippen MR) is 322 cm³/mol. The number of ether oxygens (including phenoxy) is 5.